The minimum absolute atomic E-state index is 0.0155. The summed E-state index contributed by atoms with van der Waals surface area (Å²) >= 11 is 0. The van der Waals surface area contributed by atoms with E-state index in [0.717, 1.165) is 6.42 Å². The number of nitrogens with one attached hydrogen (secondary N) is 2. The van der Waals surface area contributed by atoms with Crippen LogP contribution in [0.3, 0.4) is 0 Å². The van der Waals surface area contributed by atoms with Crippen LogP contribution in [0.25, 0.3) is 0 Å². The van der Waals surface area contributed by atoms with Crippen LogP contribution in [0.4, 0.5) is 11.4 Å². The average molecular weight is 447 g/mol. The van der Waals surface area contributed by atoms with Gasteiger partial charge in [0.15, 0.2) is 0 Å². The molecular formula is C23H30N2O5S. The molecule has 1 amide bonds. The SMILES string of the molecule is COc1ccc(S(=O)(=O)Nc2ccccc2OC)cc1NC(=O)CCC1CCCCC1. The molecule has 168 valence electrons. The number of rotatable bonds is 9. The number of para-hydroxylation sites is 2. The van der Waals surface area contributed by atoms with E-state index in [1.165, 1.54) is 64.5 Å². The van der Waals surface area contributed by atoms with Gasteiger partial charge in [-0.25, -0.2) is 8.42 Å². The van der Waals surface area contributed by atoms with Crippen LogP contribution in [-0.4, -0.2) is 28.5 Å². The summed E-state index contributed by atoms with van der Waals surface area (Å²) in [6.45, 7) is 0. The summed E-state index contributed by atoms with van der Waals surface area (Å²) in [6, 6.07) is 11.1. The van der Waals surface area contributed by atoms with Crippen molar-refractivity contribution in [2.24, 2.45) is 5.92 Å². The minimum Gasteiger partial charge on any atom is -0.495 e. The summed E-state index contributed by atoms with van der Waals surface area (Å²) in [5.74, 6) is 1.27. The maximum Gasteiger partial charge on any atom is 0.262 e. The predicted molar refractivity (Wildman–Crippen MR) is 121 cm³/mol. The van der Waals surface area contributed by atoms with Crippen molar-refractivity contribution >= 4 is 27.3 Å². The Morgan fingerprint density at radius 1 is 0.968 bits per heavy atom. The molecule has 8 heteroatoms. The highest BCUT2D eigenvalue weighted by molar-refractivity contribution is 7.92. The molecule has 0 aromatic heterocycles. The Morgan fingerprint density at radius 3 is 2.35 bits per heavy atom. The fourth-order valence-corrected chi connectivity index (χ4v) is 5.00. The summed E-state index contributed by atoms with van der Waals surface area (Å²) in [4.78, 5) is 12.5. The van der Waals surface area contributed by atoms with Gasteiger partial charge in [-0.3, -0.25) is 9.52 Å². The molecule has 1 saturated carbocycles. The summed E-state index contributed by atoms with van der Waals surface area (Å²) < 4.78 is 38.9. The third-order valence-electron chi connectivity index (χ3n) is 5.61. The van der Waals surface area contributed by atoms with Gasteiger partial charge < -0.3 is 14.8 Å². The zero-order chi connectivity index (χ0) is 22.3. The highest BCUT2D eigenvalue weighted by Gasteiger charge is 2.20. The molecule has 2 aromatic rings. The molecular weight excluding hydrogens is 416 g/mol. The van der Waals surface area contributed by atoms with E-state index < -0.39 is 10.0 Å². The van der Waals surface area contributed by atoms with Gasteiger partial charge in [0.2, 0.25) is 5.91 Å². The predicted octanol–water partition coefficient (Wildman–Crippen LogP) is 4.80. The third kappa shape index (κ3) is 6.13. The van der Waals surface area contributed by atoms with E-state index in [9.17, 15) is 13.2 Å². The molecule has 7 nitrogen and oxygen atoms in total. The Bertz CT molecular complexity index is 1000. The maximum atomic E-state index is 12.9. The molecule has 3 rings (SSSR count). The Labute approximate surface area is 184 Å². The average Bonchev–Trinajstić information content (AvgIpc) is 2.78. The van der Waals surface area contributed by atoms with Crippen molar-refractivity contribution in [3.63, 3.8) is 0 Å². The van der Waals surface area contributed by atoms with Crippen LogP contribution in [0.15, 0.2) is 47.4 Å². The molecule has 0 spiro atoms. The molecule has 2 N–H and O–H groups in total. The van der Waals surface area contributed by atoms with Gasteiger partial charge in [-0.15, -0.1) is 0 Å². The van der Waals surface area contributed by atoms with Gasteiger partial charge in [-0.1, -0.05) is 44.2 Å². The standard InChI is InChI=1S/C23H30N2O5S/c1-29-21-11-7-6-10-19(21)25-31(27,28)18-13-14-22(30-2)20(16-18)24-23(26)15-12-17-8-4-3-5-9-17/h6-7,10-11,13-14,16-17,25H,3-5,8-9,12,15H2,1-2H3,(H,24,26). The first kappa shape index (κ1) is 22.9. The molecule has 1 fully saturated rings. The largest absolute Gasteiger partial charge is 0.495 e. The van der Waals surface area contributed by atoms with E-state index in [1.54, 1.807) is 24.3 Å². The third-order valence-corrected chi connectivity index (χ3v) is 6.97. The number of benzene rings is 2. The normalized spacial score (nSPS) is 14.6. The lowest BCUT2D eigenvalue weighted by atomic mass is 9.86. The van der Waals surface area contributed by atoms with Gasteiger partial charge in [-0.2, -0.15) is 0 Å². The number of carbonyl (C=O) groups excluding carboxylic acids is 1. The minimum atomic E-state index is -3.90. The number of anilines is 2. The number of sulfonamides is 1. The van der Waals surface area contributed by atoms with Crippen molar-refractivity contribution < 1.29 is 22.7 Å². The van der Waals surface area contributed by atoms with Crippen LogP contribution in [-0.2, 0) is 14.8 Å². The van der Waals surface area contributed by atoms with Gasteiger partial charge in [0, 0.05) is 6.42 Å². The Morgan fingerprint density at radius 2 is 1.65 bits per heavy atom. The van der Waals surface area contributed by atoms with E-state index >= 15 is 0 Å². The van der Waals surface area contributed by atoms with Gasteiger partial charge in [0.1, 0.15) is 11.5 Å². The number of ether oxygens (including phenoxy) is 2. The van der Waals surface area contributed by atoms with Crippen LogP contribution in [0, 0.1) is 5.92 Å². The summed E-state index contributed by atoms with van der Waals surface area (Å²) in [7, 11) is -0.941. The van der Waals surface area contributed by atoms with Crippen molar-refractivity contribution in [3.05, 3.63) is 42.5 Å². The highest BCUT2D eigenvalue weighted by Crippen LogP contribution is 2.31. The van der Waals surface area contributed by atoms with Crippen LogP contribution in [0.1, 0.15) is 44.9 Å². The van der Waals surface area contributed by atoms with Gasteiger partial charge in [0.25, 0.3) is 10.0 Å². The highest BCUT2D eigenvalue weighted by atomic mass is 32.2. The molecule has 1 aliphatic carbocycles. The van der Waals surface area contributed by atoms with Crippen molar-refractivity contribution in [1.82, 2.24) is 0 Å². The zero-order valence-electron chi connectivity index (χ0n) is 18.0. The molecule has 0 saturated heterocycles. The second kappa shape index (κ2) is 10.5. The van der Waals surface area contributed by atoms with Crippen LogP contribution >= 0.6 is 0 Å². The number of methoxy groups -OCH3 is 2. The molecule has 0 bridgehead atoms. The molecule has 1 aliphatic rings. The first-order valence-corrected chi connectivity index (χ1v) is 12.0. The first-order chi connectivity index (χ1) is 14.9. The molecule has 0 unspecified atom stereocenters. The van der Waals surface area contributed by atoms with E-state index in [2.05, 4.69) is 10.0 Å². The maximum absolute atomic E-state index is 12.9. The Kier molecular flexibility index (Phi) is 7.79. The monoisotopic (exact) mass is 446 g/mol. The fraction of sp³-hybridized carbons (Fsp3) is 0.435. The smallest absolute Gasteiger partial charge is 0.262 e. The molecule has 0 aliphatic heterocycles. The van der Waals surface area contributed by atoms with Crippen LogP contribution in [0.5, 0.6) is 11.5 Å². The van der Waals surface area contributed by atoms with E-state index in [0.29, 0.717) is 35.2 Å². The first-order valence-electron chi connectivity index (χ1n) is 10.6. The van der Waals surface area contributed by atoms with Crippen molar-refractivity contribution in [3.8, 4) is 11.5 Å². The lowest BCUT2D eigenvalue weighted by molar-refractivity contribution is -0.116. The van der Waals surface area contributed by atoms with E-state index in [1.807, 2.05) is 0 Å². The molecule has 31 heavy (non-hydrogen) atoms. The molecule has 0 radical (unpaired) electrons. The van der Waals surface area contributed by atoms with Crippen molar-refractivity contribution in [2.75, 3.05) is 24.3 Å². The lowest BCUT2D eigenvalue weighted by Crippen LogP contribution is -2.17. The number of hydrogen-bond acceptors (Lipinski definition) is 5. The number of carbonyl (C=O) groups is 1. The number of amides is 1. The molecule has 0 heterocycles. The van der Waals surface area contributed by atoms with Crippen molar-refractivity contribution in [1.29, 1.82) is 0 Å². The van der Waals surface area contributed by atoms with Gasteiger partial charge in [-0.05, 0) is 42.7 Å². The van der Waals surface area contributed by atoms with Crippen molar-refractivity contribution in [2.45, 2.75) is 49.8 Å². The summed E-state index contributed by atoms with van der Waals surface area (Å²) in [5.41, 5.74) is 0.665. The lowest BCUT2D eigenvalue weighted by Gasteiger charge is -2.21. The van der Waals surface area contributed by atoms with Crippen LogP contribution < -0.4 is 19.5 Å². The second-order valence-electron chi connectivity index (χ2n) is 7.76. The van der Waals surface area contributed by atoms with E-state index in [-0.39, 0.29) is 10.8 Å². The fourth-order valence-electron chi connectivity index (χ4n) is 3.91. The second-order valence-corrected chi connectivity index (χ2v) is 9.44. The van der Waals surface area contributed by atoms with Crippen LogP contribution in [0.2, 0.25) is 0 Å². The van der Waals surface area contributed by atoms with Gasteiger partial charge in [0.05, 0.1) is 30.5 Å². The Balaban J connectivity index is 1.73. The zero-order valence-corrected chi connectivity index (χ0v) is 18.8. The number of hydrogen-bond donors (Lipinski definition) is 2. The molecule has 0 atom stereocenters. The Hall–Kier alpha value is -2.74. The van der Waals surface area contributed by atoms with E-state index in [4.69, 9.17) is 9.47 Å². The quantitative estimate of drug-likeness (QED) is 0.577. The summed E-state index contributed by atoms with van der Waals surface area (Å²) in [6.07, 6.45) is 7.37. The van der Waals surface area contributed by atoms with Gasteiger partial charge >= 0.3 is 0 Å². The topological polar surface area (TPSA) is 93.7 Å². The summed E-state index contributed by atoms with van der Waals surface area (Å²) in [5, 5.41) is 2.82. The molecule has 2 aromatic carbocycles.